The molecule has 1 unspecified atom stereocenters. The molecule has 0 aromatic heterocycles. The van der Waals surface area contributed by atoms with Gasteiger partial charge in [-0.25, -0.2) is 13.6 Å². The molecule has 0 bridgehead atoms. The summed E-state index contributed by atoms with van der Waals surface area (Å²) in [4.78, 5) is 11.9. The number of primary sulfonamides is 1. The minimum Gasteiger partial charge on any atom is -0.355 e. The van der Waals surface area contributed by atoms with Crippen molar-refractivity contribution in [1.29, 1.82) is 0 Å². The minimum absolute atomic E-state index is 0.0112. The molecule has 0 saturated heterocycles. The fraction of sp³-hybridized carbons (Fsp3) is 0.500. The maximum Gasteiger partial charge on any atom is 0.238 e. The minimum atomic E-state index is -3.65. The predicted octanol–water partition coefficient (Wildman–Crippen LogP) is 0.238. The maximum atomic E-state index is 11.8. The molecule has 118 valence electrons. The van der Waals surface area contributed by atoms with Crippen LogP contribution < -0.4 is 15.8 Å². The van der Waals surface area contributed by atoms with E-state index in [1.165, 1.54) is 12.1 Å². The first-order valence-corrected chi connectivity index (χ1v) is 8.49. The molecule has 0 radical (unpaired) electrons. The van der Waals surface area contributed by atoms with Crippen molar-refractivity contribution < 1.29 is 13.2 Å². The highest BCUT2D eigenvalue weighted by atomic mass is 32.2. The highest BCUT2D eigenvalue weighted by Gasteiger charge is 2.11. The summed E-state index contributed by atoms with van der Waals surface area (Å²) in [6.07, 6.45) is 0.643. The topological polar surface area (TPSA) is 101 Å². The van der Waals surface area contributed by atoms with Crippen molar-refractivity contribution in [3.8, 4) is 0 Å². The highest BCUT2D eigenvalue weighted by Crippen LogP contribution is 2.08. The Hall–Kier alpha value is -1.44. The Morgan fingerprint density at radius 1 is 1.29 bits per heavy atom. The van der Waals surface area contributed by atoms with Gasteiger partial charge in [-0.3, -0.25) is 4.79 Å². The van der Waals surface area contributed by atoms with Crippen LogP contribution in [-0.4, -0.2) is 34.0 Å². The lowest BCUT2D eigenvalue weighted by atomic mass is 10.1. The average Bonchev–Trinajstić information content (AvgIpc) is 2.44. The second-order valence-electron chi connectivity index (χ2n) is 4.94. The van der Waals surface area contributed by atoms with Gasteiger partial charge in [0.25, 0.3) is 0 Å². The maximum absolute atomic E-state index is 11.8. The second kappa shape index (κ2) is 8.11. The number of amides is 1. The zero-order valence-corrected chi connectivity index (χ0v) is 13.2. The third-order valence-corrected chi connectivity index (χ3v) is 4.04. The van der Waals surface area contributed by atoms with E-state index in [9.17, 15) is 13.2 Å². The van der Waals surface area contributed by atoms with E-state index in [-0.39, 0.29) is 16.7 Å². The van der Waals surface area contributed by atoms with Gasteiger partial charge in [-0.1, -0.05) is 26.0 Å². The molecular weight excluding hydrogens is 290 g/mol. The van der Waals surface area contributed by atoms with E-state index in [1.807, 2.05) is 13.8 Å². The molecule has 0 aliphatic rings. The summed E-state index contributed by atoms with van der Waals surface area (Å²) in [5.74, 6) is -0.0631. The monoisotopic (exact) mass is 313 g/mol. The molecule has 1 aromatic carbocycles. The van der Waals surface area contributed by atoms with Crippen LogP contribution in [0, 0.1) is 5.92 Å². The zero-order chi connectivity index (χ0) is 15.9. The Bertz CT molecular complexity index is 555. The van der Waals surface area contributed by atoms with Gasteiger partial charge >= 0.3 is 0 Å². The molecule has 0 spiro atoms. The molecule has 1 atom stereocenters. The Morgan fingerprint density at radius 2 is 1.90 bits per heavy atom. The standard InChI is InChI=1S/C14H23N3O3S/c1-3-16-10-11(2)14(18)17-9-8-12-4-6-13(7-5-12)21(15,19)20/h4-7,11,16H,3,8-10H2,1-2H3,(H,17,18)(H2,15,19,20). The van der Waals surface area contributed by atoms with Gasteiger partial charge < -0.3 is 10.6 Å². The Kier molecular flexibility index (Phi) is 6.80. The van der Waals surface area contributed by atoms with Crippen LogP contribution in [0.5, 0.6) is 0 Å². The number of sulfonamides is 1. The van der Waals surface area contributed by atoms with Gasteiger partial charge in [0.1, 0.15) is 0 Å². The van der Waals surface area contributed by atoms with Gasteiger partial charge in [-0.05, 0) is 30.7 Å². The smallest absolute Gasteiger partial charge is 0.238 e. The first kappa shape index (κ1) is 17.6. The molecular formula is C14H23N3O3S. The normalized spacial score (nSPS) is 12.9. The van der Waals surface area contributed by atoms with Crippen LogP contribution in [0.1, 0.15) is 19.4 Å². The van der Waals surface area contributed by atoms with Crippen LogP contribution in [0.3, 0.4) is 0 Å². The fourth-order valence-electron chi connectivity index (χ4n) is 1.80. The Morgan fingerprint density at radius 3 is 2.43 bits per heavy atom. The molecule has 6 nitrogen and oxygen atoms in total. The lowest BCUT2D eigenvalue weighted by molar-refractivity contribution is -0.124. The first-order chi connectivity index (χ1) is 9.84. The van der Waals surface area contributed by atoms with Crippen LogP contribution in [-0.2, 0) is 21.2 Å². The number of nitrogens with two attached hydrogens (primary N) is 1. The predicted molar refractivity (Wildman–Crippen MR) is 82.2 cm³/mol. The van der Waals surface area contributed by atoms with Gasteiger partial charge in [0.2, 0.25) is 15.9 Å². The number of carbonyl (C=O) groups excluding carboxylic acids is 1. The van der Waals surface area contributed by atoms with Crippen LogP contribution in [0.15, 0.2) is 29.2 Å². The van der Waals surface area contributed by atoms with Gasteiger partial charge in [0.05, 0.1) is 4.90 Å². The summed E-state index contributed by atoms with van der Waals surface area (Å²) in [5.41, 5.74) is 0.946. The lowest BCUT2D eigenvalue weighted by Crippen LogP contribution is -2.36. The van der Waals surface area contributed by atoms with E-state index in [0.717, 1.165) is 12.1 Å². The molecule has 1 amide bonds. The number of hydrogen-bond acceptors (Lipinski definition) is 4. The number of benzene rings is 1. The molecule has 0 aliphatic heterocycles. The summed E-state index contributed by atoms with van der Waals surface area (Å²) in [5, 5.41) is 11.0. The number of carbonyl (C=O) groups is 1. The molecule has 0 heterocycles. The van der Waals surface area contributed by atoms with Crippen molar-refractivity contribution in [2.24, 2.45) is 11.1 Å². The molecule has 21 heavy (non-hydrogen) atoms. The summed E-state index contributed by atoms with van der Waals surface area (Å²) in [6.45, 7) is 5.89. The van der Waals surface area contributed by atoms with Crippen LogP contribution in [0.4, 0.5) is 0 Å². The van der Waals surface area contributed by atoms with Crippen molar-refractivity contribution in [2.75, 3.05) is 19.6 Å². The Labute approximate surface area is 126 Å². The van der Waals surface area contributed by atoms with Crippen molar-refractivity contribution in [3.63, 3.8) is 0 Å². The van der Waals surface area contributed by atoms with E-state index in [0.29, 0.717) is 19.5 Å². The van der Waals surface area contributed by atoms with Gasteiger partial charge in [-0.2, -0.15) is 0 Å². The fourth-order valence-corrected chi connectivity index (χ4v) is 2.32. The summed E-state index contributed by atoms with van der Waals surface area (Å²) in [6, 6.07) is 6.35. The third kappa shape index (κ3) is 6.24. The average molecular weight is 313 g/mol. The SMILES string of the molecule is CCNCC(C)C(=O)NCCc1ccc(S(N)(=O)=O)cc1. The van der Waals surface area contributed by atoms with E-state index < -0.39 is 10.0 Å². The number of nitrogens with one attached hydrogen (secondary N) is 2. The molecule has 1 aromatic rings. The van der Waals surface area contributed by atoms with E-state index in [1.54, 1.807) is 12.1 Å². The van der Waals surface area contributed by atoms with Gasteiger partial charge in [0.15, 0.2) is 0 Å². The molecule has 7 heteroatoms. The molecule has 0 saturated carbocycles. The second-order valence-corrected chi connectivity index (χ2v) is 6.50. The van der Waals surface area contributed by atoms with Crippen LogP contribution in [0.25, 0.3) is 0 Å². The number of rotatable bonds is 8. The molecule has 4 N–H and O–H groups in total. The van der Waals surface area contributed by atoms with E-state index >= 15 is 0 Å². The van der Waals surface area contributed by atoms with Crippen LogP contribution >= 0.6 is 0 Å². The highest BCUT2D eigenvalue weighted by molar-refractivity contribution is 7.89. The summed E-state index contributed by atoms with van der Waals surface area (Å²) in [7, 11) is -3.65. The van der Waals surface area contributed by atoms with Crippen molar-refractivity contribution >= 4 is 15.9 Å². The van der Waals surface area contributed by atoms with Crippen molar-refractivity contribution in [3.05, 3.63) is 29.8 Å². The van der Waals surface area contributed by atoms with E-state index in [4.69, 9.17) is 5.14 Å². The number of hydrogen-bond donors (Lipinski definition) is 3. The lowest BCUT2D eigenvalue weighted by Gasteiger charge is -2.12. The van der Waals surface area contributed by atoms with Gasteiger partial charge in [0, 0.05) is 19.0 Å². The molecule has 0 fully saturated rings. The first-order valence-electron chi connectivity index (χ1n) is 6.94. The van der Waals surface area contributed by atoms with Crippen LogP contribution in [0.2, 0.25) is 0 Å². The Balaban J connectivity index is 2.41. The van der Waals surface area contributed by atoms with Gasteiger partial charge in [-0.15, -0.1) is 0 Å². The summed E-state index contributed by atoms with van der Waals surface area (Å²) >= 11 is 0. The quantitative estimate of drug-likeness (QED) is 0.640. The summed E-state index contributed by atoms with van der Waals surface area (Å²) < 4.78 is 22.2. The molecule has 0 aliphatic carbocycles. The largest absolute Gasteiger partial charge is 0.355 e. The molecule has 1 rings (SSSR count). The van der Waals surface area contributed by atoms with Crippen molar-refractivity contribution in [1.82, 2.24) is 10.6 Å². The van der Waals surface area contributed by atoms with Crippen molar-refractivity contribution in [2.45, 2.75) is 25.2 Å². The third-order valence-electron chi connectivity index (χ3n) is 3.11. The van der Waals surface area contributed by atoms with E-state index in [2.05, 4.69) is 10.6 Å². The zero-order valence-electron chi connectivity index (χ0n) is 12.4.